The van der Waals surface area contributed by atoms with Gasteiger partial charge in [0.1, 0.15) is 6.04 Å². The molecule has 0 radical (unpaired) electrons. The SMILES string of the molecule is COC(=O)C1CC(CC2CCSC2)CN1. The highest BCUT2D eigenvalue weighted by Gasteiger charge is 2.31. The van der Waals surface area contributed by atoms with E-state index in [1.54, 1.807) is 0 Å². The summed E-state index contributed by atoms with van der Waals surface area (Å²) in [6, 6.07) is -0.0472. The van der Waals surface area contributed by atoms with Crippen LogP contribution in [0.3, 0.4) is 0 Å². The molecule has 15 heavy (non-hydrogen) atoms. The van der Waals surface area contributed by atoms with E-state index in [0.717, 1.165) is 18.9 Å². The van der Waals surface area contributed by atoms with Crippen molar-refractivity contribution < 1.29 is 9.53 Å². The fourth-order valence-corrected chi connectivity index (χ4v) is 3.85. The summed E-state index contributed by atoms with van der Waals surface area (Å²) < 4.78 is 4.75. The number of ether oxygens (including phenoxy) is 1. The van der Waals surface area contributed by atoms with E-state index in [1.165, 1.54) is 31.5 Å². The minimum absolute atomic E-state index is 0.0472. The van der Waals surface area contributed by atoms with E-state index in [1.807, 2.05) is 0 Å². The number of carbonyl (C=O) groups excluding carboxylic acids is 1. The molecular weight excluding hydrogens is 210 g/mol. The van der Waals surface area contributed by atoms with Crippen LogP contribution < -0.4 is 5.32 Å². The van der Waals surface area contributed by atoms with E-state index in [2.05, 4.69) is 17.1 Å². The first-order valence-corrected chi connectivity index (χ1v) is 6.84. The topological polar surface area (TPSA) is 38.3 Å². The molecule has 86 valence electrons. The third kappa shape index (κ3) is 2.88. The maximum Gasteiger partial charge on any atom is 0.322 e. The first-order chi connectivity index (χ1) is 7.29. The first-order valence-electron chi connectivity index (χ1n) is 5.68. The Morgan fingerprint density at radius 1 is 1.53 bits per heavy atom. The zero-order chi connectivity index (χ0) is 10.7. The van der Waals surface area contributed by atoms with Gasteiger partial charge in [-0.1, -0.05) is 0 Å². The molecule has 0 spiro atoms. The van der Waals surface area contributed by atoms with Crippen molar-refractivity contribution in [2.75, 3.05) is 25.2 Å². The number of esters is 1. The molecule has 2 aliphatic heterocycles. The van der Waals surface area contributed by atoms with Crippen molar-refractivity contribution in [3.63, 3.8) is 0 Å². The van der Waals surface area contributed by atoms with Crippen LogP contribution in [0.2, 0.25) is 0 Å². The summed E-state index contributed by atoms with van der Waals surface area (Å²) in [5.74, 6) is 4.11. The zero-order valence-electron chi connectivity index (χ0n) is 9.20. The maximum absolute atomic E-state index is 11.3. The van der Waals surface area contributed by atoms with Gasteiger partial charge in [-0.3, -0.25) is 4.79 Å². The van der Waals surface area contributed by atoms with Crippen molar-refractivity contribution in [3.05, 3.63) is 0 Å². The average Bonchev–Trinajstić information content (AvgIpc) is 2.88. The second-order valence-electron chi connectivity index (χ2n) is 4.55. The molecule has 2 aliphatic rings. The van der Waals surface area contributed by atoms with Crippen molar-refractivity contribution >= 4 is 17.7 Å². The van der Waals surface area contributed by atoms with Gasteiger partial charge in [0, 0.05) is 0 Å². The summed E-state index contributed by atoms with van der Waals surface area (Å²) in [4.78, 5) is 11.3. The van der Waals surface area contributed by atoms with Gasteiger partial charge in [-0.05, 0) is 49.1 Å². The lowest BCUT2D eigenvalue weighted by molar-refractivity contribution is -0.142. The van der Waals surface area contributed by atoms with E-state index in [0.29, 0.717) is 5.92 Å². The largest absolute Gasteiger partial charge is 0.468 e. The number of carbonyl (C=O) groups is 1. The molecule has 2 saturated heterocycles. The second kappa shape index (κ2) is 5.21. The molecule has 2 heterocycles. The molecule has 2 fully saturated rings. The summed E-state index contributed by atoms with van der Waals surface area (Å²) in [6.45, 7) is 0.987. The fourth-order valence-electron chi connectivity index (χ4n) is 2.55. The number of methoxy groups -OCH3 is 1. The first kappa shape index (κ1) is 11.3. The van der Waals surface area contributed by atoms with Crippen molar-refractivity contribution in [2.24, 2.45) is 11.8 Å². The van der Waals surface area contributed by atoms with Crippen LogP contribution in [-0.2, 0) is 9.53 Å². The molecule has 1 N–H and O–H groups in total. The molecule has 0 aromatic carbocycles. The summed E-state index contributed by atoms with van der Waals surface area (Å²) in [5.41, 5.74) is 0. The van der Waals surface area contributed by atoms with Gasteiger partial charge in [-0.15, -0.1) is 0 Å². The Morgan fingerprint density at radius 2 is 2.40 bits per heavy atom. The molecule has 0 bridgehead atoms. The number of thioether (sulfide) groups is 1. The molecule has 3 atom stereocenters. The fraction of sp³-hybridized carbons (Fsp3) is 0.909. The van der Waals surface area contributed by atoms with E-state index < -0.39 is 0 Å². The standard InChI is InChI=1S/C11H19NO2S/c1-14-11(13)10-5-9(6-12-10)4-8-2-3-15-7-8/h8-10,12H,2-7H2,1H3. The molecule has 0 aromatic heterocycles. The van der Waals surface area contributed by atoms with E-state index >= 15 is 0 Å². The lowest BCUT2D eigenvalue weighted by Crippen LogP contribution is -2.31. The number of rotatable bonds is 3. The number of hydrogen-bond acceptors (Lipinski definition) is 4. The van der Waals surface area contributed by atoms with Crippen LogP contribution in [-0.4, -0.2) is 37.2 Å². The van der Waals surface area contributed by atoms with Gasteiger partial charge in [-0.25, -0.2) is 0 Å². The summed E-state index contributed by atoms with van der Waals surface area (Å²) >= 11 is 2.07. The van der Waals surface area contributed by atoms with Gasteiger partial charge >= 0.3 is 5.97 Å². The Morgan fingerprint density at radius 3 is 3.07 bits per heavy atom. The van der Waals surface area contributed by atoms with Crippen molar-refractivity contribution in [1.29, 1.82) is 0 Å². The third-order valence-corrected chi connectivity index (χ3v) is 4.63. The smallest absolute Gasteiger partial charge is 0.322 e. The van der Waals surface area contributed by atoms with E-state index in [9.17, 15) is 4.79 Å². The quantitative estimate of drug-likeness (QED) is 0.740. The highest BCUT2D eigenvalue weighted by atomic mass is 32.2. The molecule has 0 aromatic rings. The minimum Gasteiger partial charge on any atom is -0.468 e. The second-order valence-corrected chi connectivity index (χ2v) is 5.70. The Hall–Kier alpha value is -0.220. The number of hydrogen-bond donors (Lipinski definition) is 1. The monoisotopic (exact) mass is 229 g/mol. The van der Waals surface area contributed by atoms with Crippen molar-refractivity contribution in [3.8, 4) is 0 Å². The predicted molar refractivity (Wildman–Crippen MR) is 62.0 cm³/mol. The summed E-state index contributed by atoms with van der Waals surface area (Å²) in [7, 11) is 1.46. The van der Waals surface area contributed by atoms with Crippen LogP contribution in [0, 0.1) is 11.8 Å². The highest BCUT2D eigenvalue weighted by Crippen LogP contribution is 2.31. The van der Waals surface area contributed by atoms with Gasteiger partial charge in [0.2, 0.25) is 0 Å². The third-order valence-electron chi connectivity index (χ3n) is 3.40. The van der Waals surface area contributed by atoms with Gasteiger partial charge < -0.3 is 10.1 Å². The van der Waals surface area contributed by atoms with Gasteiger partial charge in [0.05, 0.1) is 7.11 Å². The van der Waals surface area contributed by atoms with E-state index in [-0.39, 0.29) is 12.0 Å². The maximum atomic E-state index is 11.3. The lowest BCUT2D eigenvalue weighted by atomic mass is 9.92. The zero-order valence-corrected chi connectivity index (χ0v) is 10.0. The minimum atomic E-state index is -0.0988. The van der Waals surface area contributed by atoms with Crippen LogP contribution in [0.4, 0.5) is 0 Å². The van der Waals surface area contributed by atoms with Crippen molar-refractivity contribution in [2.45, 2.75) is 25.3 Å². The van der Waals surface area contributed by atoms with Crippen LogP contribution in [0.15, 0.2) is 0 Å². The molecule has 0 aliphatic carbocycles. The van der Waals surface area contributed by atoms with Crippen molar-refractivity contribution in [1.82, 2.24) is 5.32 Å². The summed E-state index contributed by atoms with van der Waals surface area (Å²) in [5, 5.41) is 3.25. The highest BCUT2D eigenvalue weighted by molar-refractivity contribution is 7.99. The molecular formula is C11H19NO2S. The molecule has 3 unspecified atom stereocenters. The van der Waals surface area contributed by atoms with Gasteiger partial charge in [-0.2, -0.15) is 11.8 Å². The molecule has 3 nitrogen and oxygen atoms in total. The summed E-state index contributed by atoms with van der Waals surface area (Å²) in [6.07, 6.45) is 3.62. The predicted octanol–water partition coefficient (Wildman–Crippen LogP) is 1.28. The Bertz CT molecular complexity index is 229. The molecule has 0 amide bonds. The van der Waals surface area contributed by atoms with E-state index in [4.69, 9.17) is 4.74 Å². The van der Waals surface area contributed by atoms with Crippen LogP contribution in [0.1, 0.15) is 19.3 Å². The molecule has 2 rings (SSSR count). The van der Waals surface area contributed by atoms with Crippen LogP contribution in [0.5, 0.6) is 0 Å². The average molecular weight is 229 g/mol. The van der Waals surface area contributed by atoms with Crippen LogP contribution in [0.25, 0.3) is 0 Å². The Kier molecular flexibility index (Phi) is 3.92. The van der Waals surface area contributed by atoms with Gasteiger partial charge in [0.25, 0.3) is 0 Å². The number of nitrogens with one attached hydrogen (secondary N) is 1. The van der Waals surface area contributed by atoms with Gasteiger partial charge in [0.15, 0.2) is 0 Å². The Labute approximate surface area is 95.3 Å². The molecule has 0 saturated carbocycles. The normalized spacial score (nSPS) is 35.7. The van der Waals surface area contributed by atoms with Crippen LogP contribution >= 0.6 is 11.8 Å². The Balaban J connectivity index is 1.74. The lowest BCUT2D eigenvalue weighted by Gasteiger charge is -2.13. The molecule has 4 heteroatoms.